The molecule has 2 rings (SSSR count). The van der Waals surface area contributed by atoms with E-state index in [9.17, 15) is 0 Å². The molecule has 1 saturated carbocycles. The quantitative estimate of drug-likeness (QED) is 0.772. The van der Waals surface area contributed by atoms with Gasteiger partial charge in [-0.25, -0.2) is 0 Å². The highest BCUT2D eigenvalue weighted by molar-refractivity contribution is 5.49. The van der Waals surface area contributed by atoms with Crippen LogP contribution in [0.15, 0.2) is 24.3 Å². The van der Waals surface area contributed by atoms with Crippen LogP contribution in [0.25, 0.3) is 0 Å². The van der Waals surface area contributed by atoms with Gasteiger partial charge >= 0.3 is 0 Å². The average Bonchev–Trinajstić information content (AvgIpc) is 2.52. The molecule has 20 heavy (non-hydrogen) atoms. The van der Waals surface area contributed by atoms with Crippen molar-refractivity contribution < 1.29 is 4.74 Å². The van der Waals surface area contributed by atoms with Gasteiger partial charge in [0.1, 0.15) is 5.75 Å². The van der Waals surface area contributed by atoms with Crippen LogP contribution in [-0.4, -0.2) is 33.3 Å². The minimum atomic E-state index is 0.769. The molecule has 0 aromatic heterocycles. The summed E-state index contributed by atoms with van der Waals surface area (Å²) in [4.78, 5) is 2.30. The van der Waals surface area contributed by atoms with Gasteiger partial charge in [-0.05, 0) is 37.9 Å². The van der Waals surface area contributed by atoms with E-state index >= 15 is 0 Å². The molecule has 0 atom stereocenters. The summed E-state index contributed by atoms with van der Waals surface area (Å²) in [5.41, 5.74) is 1.22. The van der Waals surface area contributed by atoms with Crippen LogP contribution in [0.4, 0.5) is 5.69 Å². The second-order valence-corrected chi connectivity index (χ2v) is 5.77. The van der Waals surface area contributed by atoms with Crippen molar-refractivity contribution in [1.82, 2.24) is 5.32 Å². The Morgan fingerprint density at radius 2 is 2.05 bits per heavy atom. The van der Waals surface area contributed by atoms with Gasteiger partial charge in [0, 0.05) is 31.4 Å². The lowest BCUT2D eigenvalue weighted by atomic mass is 9.95. The van der Waals surface area contributed by atoms with Crippen LogP contribution in [0.1, 0.15) is 38.5 Å². The van der Waals surface area contributed by atoms with E-state index in [1.54, 1.807) is 7.11 Å². The number of anilines is 1. The summed E-state index contributed by atoms with van der Waals surface area (Å²) < 4.78 is 5.27. The monoisotopic (exact) mass is 276 g/mol. The van der Waals surface area contributed by atoms with Crippen molar-refractivity contribution in [1.29, 1.82) is 0 Å². The second-order valence-electron chi connectivity index (χ2n) is 5.77. The molecule has 1 fully saturated rings. The zero-order valence-corrected chi connectivity index (χ0v) is 12.9. The smallest absolute Gasteiger partial charge is 0.120 e. The lowest BCUT2D eigenvalue weighted by molar-refractivity contribution is 0.373. The maximum absolute atomic E-state index is 5.27. The van der Waals surface area contributed by atoms with Crippen LogP contribution in [0, 0.1) is 0 Å². The van der Waals surface area contributed by atoms with Crippen molar-refractivity contribution in [3.05, 3.63) is 24.3 Å². The normalized spacial score (nSPS) is 16.1. The highest BCUT2D eigenvalue weighted by atomic mass is 16.5. The number of hydrogen-bond donors (Lipinski definition) is 1. The highest BCUT2D eigenvalue weighted by Crippen LogP contribution is 2.20. The molecule has 0 amide bonds. The summed E-state index contributed by atoms with van der Waals surface area (Å²) in [6.45, 7) is 2.20. The van der Waals surface area contributed by atoms with Gasteiger partial charge in [0.05, 0.1) is 7.11 Å². The van der Waals surface area contributed by atoms with Gasteiger partial charge in [0.2, 0.25) is 0 Å². The van der Waals surface area contributed by atoms with Gasteiger partial charge in [-0.1, -0.05) is 25.3 Å². The van der Waals surface area contributed by atoms with E-state index in [2.05, 4.69) is 29.4 Å². The van der Waals surface area contributed by atoms with Crippen LogP contribution in [0.3, 0.4) is 0 Å². The molecule has 0 aliphatic heterocycles. The summed E-state index contributed by atoms with van der Waals surface area (Å²) in [6, 6.07) is 9.03. The SMILES string of the molecule is COc1cccc(N(C)CCCNC2CCCCC2)c1. The first-order valence-corrected chi connectivity index (χ1v) is 7.88. The summed E-state index contributed by atoms with van der Waals surface area (Å²) in [6.07, 6.45) is 8.15. The fraction of sp³-hybridized carbons (Fsp3) is 0.647. The maximum Gasteiger partial charge on any atom is 0.120 e. The third-order valence-electron chi connectivity index (χ3n) is 4.20. The van der Waals surface area contributed by atoms with Crippen molar-refractivity contribution in [2.45, 2.75) is 44.6 Å². The Hall–Kier alpha value is -1.22. The molecule has 1 N–H and O–H groups in total. The first-order valence-electron chi connectivity index (χ1n) is 7.88. The molecule has 0 spiro atoms. The van der Waals surface area contributed by atoms with E-state index in [0.29, 0.717) is 0 Å². The lowest BCUT2D eigenvalue weighted by Crippen LogP contribution is -2.33. The van der Waals surface area contributed by atoms with Crippen molar-refractivity contribution in [2.75, 3.05) is 32.1 Å². The highest BCUT2D eigenvalue weighted by Gasteiger charge is 2.11. The Labute approximate surface area is 123 Å². The first-order chi connectivity index (χ1) is 9.79. The Morgan fingerprint density at radius 3 is 2.80 bits per heavy atom. The maximum atomic E-state index is 5.27. The minimum absolute atomic E-state index is 0.769. The minimum Gasteiger partial charge on any atom is -0.497 e. The Kier molecular flexibility index (Phi) is 6.19. The molecule has 1 aromatic rings. The Bertz CT molecular complexity index is 388. The molecule has 0 saturated heterocycles. The van der Waals surface area contributed by atoms with Gasteiger partial charge in [-0.15, -0.1) is 0 Å². The number of hydrogen-bond acceptors (Lipinski definition) is 3. The van der Waals surface area contributed by atoms with Crippen LogP contribution in [0.5, 0.6) is 5.75 Å². The molecule has 0 radical (unpaired) electrons. The van der Waals surface area contributed by atoms with E-state index < -0.39 is 0 Å². The fourth-order valence-electron chi connectivity index (χ4n) is 2.91. The average molecular weight is 276 g/mol. The Balaban J connectivity index is 1.67. The number of benzene rings is 1. The molecular weight excluding hydrogens is 248 g/mol. The molecule has 3 nitrogen and oxygen atoms in total. The van der Waals surface area contributed by atoms with E-state index in [-0.39, 0.29) is 0 Å². The lowest BCUT2D eigenvalue weighted by Gasteiger charge is -2.24. The number of ether oxygens (including phenoxy) is 1. The van der Waals surface area contributed by atoms with Gasteiger partial charge in [-0.2, -0.15) is 0 Å². The summed E-state index contributed by atoms with van der Waals surface area (Å²) >= 11 is 0. The number of methoxy groups -OCH3 is 1. The first kappa shape index (κ1) is 15.2. The topological polar surface area (TPSA) is 24.5 Å². The van der Waals surface area contributed by atoms with Crippen LogP contribution < -0.4 is 15.0 Å². The fourth-order valence-corrected chi connectivity index (χ4v) is 2.91. The summed E-state index contributed by atoms with van der Waals surface area (Å²) in [7, 11) is 3.86. The summed E-state index contributed by atoms with van der Waals surface area (Å²) in [5, 5.41) is 3.70. The number of nitrogens with one attached hydrogen (secondary N) is 1. The van der Waals surface area contributed by atoms with Crippen LogP contribution >= 0.6 is 0 Å². The molecule has 0 unspecified atom stereocenters. The van der Waals surface area contributed by atoms with Gasteiger partial charge in [0.15, 0.2) is 0 Å². The third kappa shape index (κ3) is 4.71. The molecule has 1 aromatic carbocycles. The van der Waals surface area contributed by atoms with Crippen LogP contribution in [-0.2, 0) is 0 Å². The van der Waals surface area contributed by atoms with E-state index in [1.807, 2.05) is 12.1 Å². The van der Waals surface area contributed by atoms with Crippen molar-refractivity contribution >= 4 is 5.69 Å². The molecular formula is C17H28N2O. The zero-order valence-electron chi connectivity index (χ0n) is 12.9. The molecule has 1 aliphatic rings. The van der Waals surface area contributed by atoms with E-state index in [4.69, 9.17) is 4.74 Å². The zero-order chi connectivity index (χ0) is 14.2. The third-order valence-corrected chi connectivity index (χ3v) is 4.20. The van der Waals surface area contributed by atoms with Gasteiger partial charge in [-0.3, -0.25) is 0 Å². The van der Waals surface area contributed by atoms with Gasteiger partial charge in [0.25, 0.3) is 0 Å². The predicted octanol–water partition coefficient (Wildman–Crippen LogP) is 3.44. The number of nitrogens with zero attached hydrogens (tertiary/aromatic N) is 1. The van der Waals surface area contributed by atoms with Crippen LogP contribution in [0.2, 0.25) is 0 Å². The standard InChI is InChI=1S/C17H28N2O/c1-19(16-10-6-11-17(14-16)20-2)13-7-12-18-15-8-4-3-5-9-15/h6,10-11,14-15,18H,3-5,7-9,12-13H2,1-2H3. The predicted molar refractivity (Wildman–Crippen MR) is 85.8 cm³/mol. The Morgan fingerprint density at radius 1 is 1.25 bits per heavy atom. The van der Waals surface area contributed by atoms with Crippen molar-refractivity contribution in [3.8, 4) is 5.75 Å². The van der Waals surface area contributed by atoms with Gasteiger partial charge < -0.3 is 15.0 Å². The molecule has 112 valence electrons. The second kappa shape index (κ2) is 8.15. The largest absolute Gasteiger partial charge is 0.497 e. The van der Waals surface area contributed by atoms with Crippen molar-refractivity contribution in [3.63, 3.8) is 0 Å². The molecule has 0 bridgehead atoms. The summed E-state index contributed by atoms with van der Waals surface area (Å²) in [5.74, 6) is 0.926. The van der Waals surface area contributed by atoms with E-state index in [1.165, 1.54) is 44.2 Å². The molecule has 0 heterocycles. The molecule has 1 aliphatic carbocycles. The molecule has 3 heteroatoms. The van der Waals surface area contributed by atoms with Crippen molar-refractivity contribution in [2.24, 2.45) is 0 Å². The number of rotatable bonds is 7. The van der Waals surface area contributed by atoms with E-state index in [0.717, 1.165) is 24.9 Å².